The van der Waals surface area contributed by atoms with Gasteiger partial charge in [0.05, 0.1) is 0 Å². The summed E-state index contributed by atoms with van der Waals surface area (Å²) in [5.41, 5.74) is 6.29. The van der Waals surface area contributed by atoms with Crippen molar-refractivity contribution in [3.8, 4) is 0 Å². The maximum Gasteiger partial charge on any atom is 0.0412 e. The predicted molar refractivity (Wildman–Crippen MR) is 56.8 cm³/mol. The molecule has 0 radical (unpaired) electrons. The van der Waals surface area contributed by atoms with Crippen molar-refractivity contribution in [2.24, 2.45) is 5.73 Å². The smallest absolute Gasteiger partial charge is 0.0412 e. The van der Waals surface area contributed by atoms with Gasteiger partial charge >= 0.3 is 0 Å². The first kappa shape index (κ1) is 11.0. The Bertz CT molecular complexity index is 150. The van der Waals surface area contributed by atoms with Crippen LogP contribution < -0.4 is 5.73 Å². The van der Waals surface area contributed by atoms with E-state index in [1.165, 1.54) is 12.8 Å². The summed E-state index contributed by atoms with van der Waals surface area (Å²) >= 11 is 0. The topological polar surface area (TPSA) is 32.5 Å². The van der Waals surface area contributed by atoms with E-state index in [-0.39, 0.29) is 5.54 Å². The molecule has 1 fully saturated rings. The molecule has 0 aromatic rings. The van der Waals surface area contributed by atoms with Gasteiger partial charge in [0.1, 0.15) is 0 Å². The molecule has 3 nitrogen and oxygen atoms in total. The molecule has 0 saturated carbocycles. The van der Waals surface area contributed by atoms with E-state index >= 15 is 0 Å². The molecule has 1 aliphatic heterocycles. The van der Waals surface area contributed by atoms with Gasteiger partial charge in [-0.05, 0) is 20.5 Å². The lowest BCUT2D eigenvalue weighted by Crippen LogP contribution is -2.67. The fourth-order valence-electron chi connectivity index (χ4n) is 2.00. The third-order valence-corrected chi connectivity index (χ3v) is 2.69. The molecule has 78 valence electrons. The van der Waals surface area contributed by atoms with Crippen LogP contribution >= 0.6 is 0 Å². The van der Waals surface area contributed by atoms with Gasteiger partial charge in [-0.3, -0.25) is 4.90 Å². The Balaban J connectivity index is 2.10. The minimum absolute atomic E-state index is 0.140. The van der Waals surface area contributed by atoms with Crippen LogP contribution in [0.5, 0.6) is 0 Å². The molecule has 0 unspecified atom stereocenters. The van der Waals surface area contributed by atoms with Gasteiger partial charge in [0.2, 0.25) is 0 Å². The van der Waals surface area contributed by atoms with Crippen LogP contribution in [0.4, 0.5) is 0 Å². The number of nitrogens with zero attached hydrogens (tertiary/aromatic N) is 2. The molecule has 0 aromatic heterocycles. The van der Waals surface area contributed by atoms with Crippen LogP contribution in [-0.4, -0.2) is 55.6 Å². The van der Waals surface area contributed by atoms with E-state index < -0.39 is 0 Å². The highest BCUT2D eigenvalue weighted by molar-refractivity contribution is 4.99. The average Bonchev–Trinajstić information content (AvgIpc) is 1.97. The highest BCUT2D eigenvalue weighted by Crippen LogP contribution is 2.22. The molecule has 0 aromatic carbocycles. The number of nitrogens with two attached hydrogens (primary N) is 1. The van der Waals surface area contributed by atoms with Gasteiger partial charge in [-0.15, -0.1) is 0 Å². The van der Waals surface area contributed by atoms with E-state index in [4.69, 9.17) is 5.73 Å². The second kappa shape index (κ2) is 4.40. The van der Waals surface area contributed by atoms with E-state index in [1.54, 1.807) is 0 Å². The van der Waals surface area contributed by atoms with Crippen molar-refractivity contribution < 1.29 is 0 Å². The number of hydrogen-bond donors (Lipinski definition) is 1. The zero-order chi connectivity index (χ0) is 9.90. The molecule has 2 N–H and O–H groups in total. The molecule has 1 heterocycles. The summed E-state index contributed by atoms with van der Waals surface area (Å²) in [5.74, 6) is 0. The standard InChI is InChI=1S/C10H23N3/c1-4-5-10(11)8-13(9-10)7-6-12(2)3/h4-9,11H2,1-3H3. The Morgan fingerprint density at radius 1 is 1.38 bits per heavy atom. The van der Waals surface area contributed by atoms with Crippen LogP contribution in [0.1, 0.15) is 19.8 Å². The third-order valence-electron chi connectivity index (χ3n) is 2.69. The Morgan fingerprint density at radius 2 is 2.00 bits per heavy atom. The van der Waals surface area contributed by atoms with Gasteiger partial charge in [-0.25, -0.2) is 0 Å². The van der Waals surface area contributed by atoms with Crippen LogP contribution in [0, 0.1) is 0 Å². The zero-order valence-corrected chi connectivity index (χ0v) is 9.21. The molecule has 3 heteroatoms. The Hall–Kier alpha value is -0.120. The maximum absolute atomic E-state index is 6.15. The molecular formula is C10H23N3. The van der Waals surface area contributed by atoms with Crippen molar-refractivity contribution in [1.82, 2.24) is 9.80 Å². The van der Waals surface area contributed by atoms with Crippen molar-refractivity contribution >= 4 is 0 Å². The van der Waals surface area contributed by atoms with Crippen molar-refractivity contribution in [3.63, 3.8) is 0 Å². The average molecular weight is 185 g/mol. The number of likely N-dealkylation sites (tertiary alicyclic amines) is 1. The third kappa shape index (κ3) is 3.25. The zero-order valence-electron chi connectivity index (χ0n) is 9.21. The molecule has 1 aliphatic rings. The molecule has 0 bridgehead atoms. The van der Waals surface area contributed by atoms with E-state index in [0.29, 0.717) is 0 Å². The van der Waals surface area contributed by atoms with Crippen LogP contribution in [0.2, 0.25) is 0 Å². The fraction of sp³-hybridized carbons (Fsp3) is 1.00. The van der Waals surface area contributed by atoms with Crippen molar-refractivity contribution in [1.29, 1.82) is 0 Å². The van der Waals surface area contributed by atoms with Gasteiger partial charge < -0.3 is 10.6 Å². The van der Waals surface area contributed by atoms with Crippen molar-refractivity contribution in [2.75, 3.05) is 40.3 Å². The monoisotopic (exact) mass is 185 g/mol. The quantitative estimate of drug-likeness (QED) is 0.671. The Kier molecular flexibility index (Phi) is 3.71. The lowest BCUT2D eigenvalue weighted by atomic mass is 9.86. The molecule has 1 rings (SSSR count). The largest absolute Gasteiger partial charge is 0.323 e. The van der Waals surface area contributed by atoms with Gasteiger partial charge in [-0.1, -0.05) is 13.3 Å². The summed E-state index contributed by atoms with van der Waals surface area (Å²) in [6.07, 6.45) is 2.38. The normalized spacial score (nSPS) is 21.9. The molecule has 1 saturated heterocycles. The number of hydrogen-bond acceptors (Lipinski definition) is 3. The predicted octanol–water partition coefficient (Wildman–Crippen LogP) is 0.361. The summed E-state index contributed by atoms with van der Waals surface area (Å²) in [7, 11) is 4.23. The Morgan fingerprint density at radius 3 is 2.46 bits per heavy atom. The van der Waals surface area contributed by atoms with Crippen molar-refractivity contribution in [3.05, 3.63) is 0 Å². The molecule has 0 amide bonds. The summed E-state index contributed by atoms with van der Waals surface area (Å²) < 4.78 is 0. The second-order valence-corrected chi connectivity index (χ2v) is 4.63. The summed E-state index contributed by atoms with van der Waals surface area (Å²) in [6, 6.07) is 0. The lowest BCUT2D eigenvalue weighted by Gasteiger charge is -2.48. The van der Waals surface area contributed by atoms with Gasteiger partial charge in [0.25, 0.3) is 0 Å². The SMILES string of the molecule is CCCC1(N)CN(CCN(C)C)C1. The van der Waals surface area contributed by atoms with Gasteiger partial charge in [0, 0.05) is 31.7 Å². The van der Waals surface area contributed by atoms with E-state index in [0.717, 1.165) is 26.2 Å². The van der Waals surface area contributed by atoms with Crippen molar-refractivity contribution in [2.45, 2.75) is 25.3 Å². The number of likely N-dealkylation sites (N-methyl/N-ethyl adjacent to an activating group) is 1. The minimum atomic E-state index is 0.140. The molecule has 0 aliphatic carbocycles. The first-order valence-electron chi connectivity index (χ1n) is 5.22. The molecule has 0 atom stereocenters. The number of rotatable bonds is 5. The highest BCUT2D eigenvalue weighted by Gasteiger charge is 2.37. The molecular weight excluding hydrogens is 162 g/mol. The summed E-state index contributed by atoms with van der Waals surface area (Å²) in [4.78, 5) is 4.66. The highest BCUT2D eigenvalue weighted by atomic mass is 15.3. The van der Waals surface area contributed by atoms with E-state index in [2.05, 4.69) is 30.8 Å². The molecule has 0 spiro atoms. The van der Waals surface area contributed by atoms with E-state index in [9.17, 15) is 0 Å². The fourth-order valence-corrected chi connectivity index (χ4v) is 2.00. The molecule has 13 heavy (non-hydrogen) atoms. The maximum atomic E-state index is 6.15. The van der Waals surface area contributed by atoms with Gasteiger partial charge in [-0.2, -0.15) is 0 Å². The lowest BCUT2D eigenvalue weighted by molar-refractivity contribution is 0.0582. The Labute approximate surface area is 81.9 Å². The second-order valence-electron chi connectivity index (χ2n) is 4.63. The summed E-state index contributed by atoms with van der Waals surface area (Å²) in [6.45, 7) is 6.69. The van der Waals surface area contributed by atoms with Crippen LogP contribution in [0.3, 0.4) is 0 Å². The van der Waals surface area contributed by atoms with E-state index in [1.807, 2.05) is 0 Å². The van der Waals surface area contributed by atoms with Crippen LogP contribution in [0.25, 0.3) is 0 Å². The summed E-state index contributed by atoms with van der Waals surface area (Å²) in [5, 5.41) is 0. The first-order valence-corrected chi connectivity index (χ1v) is 5.22. The van der Waals surface area contributed by atoms with Crippen LogP contribution in [0.15, 0.2) is 0 Å². The minimum Gasteiger partial charge on any atom is -0.323 e. The van der Waals surface area contributed by atoms with Crippen LogP contribution in [-0.2, 0) is 0 Å². The van der Waals surface area contributed by atoms with Gasteiger partial charge in [0.15, 0.2) is 0 Å². The first-order chi connectivity index (χ1) is 6.06.